The largest absolute Gasteiger partial charge is 0.494 e. The molecule has 0 saturated carbocycles. The van der Waals surface area contributed by atoms with E-state index in [4.69, 9.17) is 4.74 Å². The molecule has 0 aliphatic rings. The Kier molecular flexibility index (Phi) is 4.96. The SMILES string of the molecule is C=Cc1ccc(OCCC(C)CC)cc1. The van der Waals surface area contributed by atoms with Crippen LogP contribution in [0.2, 0.25) is 0 Å². The third kappa shape index (κ3) is 4.20. The van der Waals surface area contributed by atoms with E-state index in [1.807, 2.05) is 30.3 Å². The van der Waals surface area contributed by atoms with Gasteiger partial charge in [-0.2, -0.15) is 0 Å². The van der Waals surface area contributed by atoms with Crippen molar-refractivity contribution in [3.8, 4) is 5.75 Å². The van der Waals surface area contributed by atoms with Gasteiger partial charge in [0.1, 0.15) is 5.75 Å². The number of rotatable bonds is 6. The molecule has 0 aliphatic carbocycles. The smallest absolute Gasteiger partial charge is 0.119 e. The molecule has 1 rings (SSSR count). The van der Waals surface area contributed by atoms with Gasteiger partial charge in [-0.3, -0.25) is 0 Å². The van der Waals surface area contributed by atoms with E-state index in [2.05, 4.69) is 20.4 Å². The quantitative estimate of drug-likeness (QED) is 0.676. The summed E-state index contributed by atoms with van der Waals surface area (Å²) in [6.07, 6.45) is 4.18. The molecule has 1 aromatic carbocycles. The first-order chi connectivity index (χ1) is 7.26. The van der Waals surface area contributed by atoms with Gasteiger partial charge in [-0.05, 0) is 30.0 Å². The van der Waals surface area contributed by atoms with Crippen molar-refractivity contribution in [2.24, 2.45) is 5.92 Å². The lowest BCUT2D eigenvalue weighted by molar-refractivity contribution is 0.281. The second kappa shape index (κ2) is 6.28. The van der Waals surface area contributed by atoms with Crippen molar-refractivity contribution in [3.63, 3.8) is 0 Å². The van der Waals surface area contributed by atoms with Crippen LogP contribution in [0, 0.1) is 5.92 Å². The van der Waals surface area contributed by atoms with E-state index in [9.17, 15) is 0 Å². The number of ether oxygens (including phenoxy) is 1. The van der Waals surface area contributed by atoms with Crippen LogP contribution in [-0.2, 0) is 0 Å². The highest BCUT2D eigenvalue weighted by atomic mass is 16.5. The molecule has 1 atom stereocenters. The van der Waals surface area contributed by atoms with Crippen molar-refractivity contribution >= 4 is 6.08 Å². The maximum atomic E-state index is 5.64. The zero-order chi connectivity index (χ0) is 11.1. The van der Waals surface area contributed by atoms with E-state index in [1.54, 1.807) is 0 Å². The van der Waals surface area contributed by atoms with Crippen molar-refractivity contribution in [2.45, 2.75) is 26.7 Å². The molecule has 1 aromatic rings. The molecular weight excluding hydrogens is 184 g/mol. The molecule has 0 fully saturated rings. The summed E-state index contributed by atoms with van der Waals surface area (Å²) < 4.78 is 5.64. The minimum atomic E-state index is 0.748. The topological polar surface area (TPSA) is 9.23 Å². The van der Waals surface area contributed by atoms with Crippen LogP contribution in [0.5, 0.6) is 5.75 Å². The monoisotopic (exact) mass is 204 g/mol. The first-order valence-corrected chi connectivity index (χ1v) is 5.61. The van der Waals surface area contributed by atoms with E-state index in [0.29, 0.717) is 0 Å². The molecule has 15 heavy (non-hydrogen) atoms. The van der Waals surface area contributed by atoms with Gasteiger partial charge in [0.2, 0.25) is 0 Å². The fraction of sp³-hybridized carbons (Fsp3) is 0.429. The van der Waals surface area contributed by atoms with E-state index >= 15 is 0 Å². The van der Waals surface area contributed by atoms with Crippen LogP contribution in [0.4, 0.5) is 0 Å². The molecule has 0 bridgehead atoms. The minimum Gasteiger partial charge on any atom is -0.494 e. The van der Waals surface area contributed by atoms with Gasteiger partial charge in [0.25, 0.3) is 0 Å². The zero-order valence-corrected chi connectivity index (χ0v) is 9.70. The van der Waals surface area contributed by atoms with E-state index < -0.39 is 0 Å². The zero-order valence-electron chi connectivity index (χ0n) is 9.70. The van der Waals surface area contributed by atoms with Crippen molar-refractivity contribution in [2.75, 3.05) is 6.61 Å². The average molecular weight is 204 g/mol. The van der Waals surface area contributed by atoms with Gasteiger partial charge in [0, 0.05) is 0 Å². The van der Waals surface area contributed by atoms with Crippen LogP contribution in [0.1, 0.15) is 32.3 Å². The van der Waals surface area contributed by atoms with E-state index in [-0.39, 0.29) is 0 Å². The molecular formula is C14H20O. The predicted octanol–water partition coefficient (Wildman–Crippen LogP) is 4.14. The Morgan fingerprint density at radius 3 is 2.53 bits per heavy atom. The molecule has 0 N–H and O–H groups in total. The Bertz CT molecular complexity index is 287. The summed E-state index contributed by atoms with van der Waals surface area (Å²) in [4.78, 5) is 0. The third-order valence-corrected chi connectivity index (χ3v) is 2.69. The summed E-state index contributed by atoms with van der Waals surface area (Å²) in [6, 6.07) is 8.03. The lowest BCUT2D eigenvalue weighted by Gasteiger charge is -2.10. The van der Waals surface area contributed by atoms with Gasteiger partial charge in [0.15, 0.2) is 0 Å². The third-order valence-electron chi connectivity index (χ3n) is 2.69. The second-order valence-electron chi connectivity index (χ2n) is 3.92. The Labute approximate surface area is 92.8 Å². The minimum absolute atomic E-state index is 0.748. The fourth-order valence-electron chi connectivity index (χ4n) is 1.28. The van der Waals surface area contributed by atoms with Gasteiger partial charge < -0.3 is 4.74 Å². The van der Waals surface area contributed by atoms with Crippen LogP contribution in [-0.4, -0.2) is 6.61 Å². The molecule has 0 radical (unpaired) electrons. The Morgan fingerprint density at radius 2 is 2.00 bits per heavy atom. The van der Waals surface area contributed by atoms with Gasteiger partial charge in [-0.15, -0.1) is 0 Å². The van der Waals surface area contributed by atoms with Crippen LogP contribution in [0.15, 0.2) is 30.8 Å². The number of benzene rings is 1. The van der Waals surface area contributed by atoms with Crippen molar-refractivity contribution in [1.82, 2.24) is 0 Å². The molecule has 82 valence electrons. The van der Waals surface area contributed by atoms with E-state index in [1.165, 1.54) is 6.42 Å². The highest BCUT2D eigenvalue weighted by Gasteiger charge is 1.99. The average Bonchev–Trinajstić information content (AvgIpc) is 2.29. The van der Waals surface area contributed by atoms with Crippen LogP contribution in [0.25, 0.3) is 6.08 Å². The maximum absolute atomic E-state index is 5.64. The lowest BCUT2D eigenvalue weighted by Crippen LogP contribution is -2.03. The highest BCUT2D eigenvalue weighted by molar-refractivity contribution is 5.48. The van der Waals surface area contributed by atoms with Crippen molar-refractivity contribution < 1.29 is 4.74 Å². The Balaban J connectivity index is 2.34. The summed E-state index contributed by atoms with van der Waals surface area (Å²) in [5.41, 5.74) is 1.13. The molecule has 0 spiro atoms. The van der Waals surface area contributed by atoms with Crippen LogP contribution in [0.3, 0.4) is 0 Å². The standard InChI is InChI=1S/C14H20O/c1-4-12(3)10-11-15-14-8-6-13(5-2)7-9-14/h5-9,12H,2,4,10-11H2,1,3H3. The Hall–Kier alpha value is -1.24. The fourth-order valence-corrected chi connectivity index (χ4v) is 1.28. The summed E-state index contributed by atoms with van der Waals surface area (Å²) in [7, 11) is 0. The Morgan fingerprint density at radius 1 is 1.33 bits per heavy atom. The molecule has 0 aliphatic heterocycles. The molecule has 0 saturated heterocycles. The number of hydrogen-bond donors (Lipinski definition) is 0. The molecule has 1 unspecified atom stereocenters. The molecule has 0 heterocycles. The summed E-state index contributed by atoms with van der Waals surface area (Å²) in [5, 5.41) is 0. The molecule has 1 nitrogen and oxygen atoms in total. The lowest BCUT2D eigenvalue weighted by atomic mass is 10.1. The highest BCUT2D eigenvalue weighted by Crippen LogP contribution is 2.14. The van der Waals surface area contributed by atoms with Gasteiger partial charge in [-0.25, -0.2) is 0 Å². The molecule has 0 aromatic heterocycles. The van der Waals surface area contributed by atoms with Crippen molar-refractivity contribution in [3.05, 3.63) is 36.4 Å². The van der Waals surface area contributed by atoms with Crippen molar-refractivity contribution in [1.29, 1.82) is 0 Å². The number of hydrogen-bond acceptors (Lipinski definition) is 1. The molecule has 1 heteroatoms. The first kappa shape index (κ1) is 11.8. The predicted molar refractivity (Wildman–Crippen MR) is 66.1 cm³/mol. The summed E-state index contributed by atoms with van der Waals surface area (Å²) in [5.74, 6) is 1.70. The first-order valence-electron chi connectivity index (χ1n) is 5.61. The second-order valence-corrected chi connectivity index (χ2v) is 3.92. The van der Waals surface area contributed by atoms with Gasteiger partial charge >= 0.3 is 0 Å². The normalized spacial score (nSPS) is 12.1. The van der Waals surface area contributed by atoms with E-state index in [0.717, 1.165) is 30.3 Å². The summed E-state index contributed by atoms with van der Waals surface area (Å²) >= 11 is 0. The van der Waals surface area contributed by atoms with Gasteiger partial charge in [-0.1, -0.05) is 45.1 Å². The van der Waals surface area contributed by atoms with Crippen LogP contribution >= 0.6 is 0 Å². The van der Waals surface area contributed by atoms with Gasteiger partial charge in [0.05, 0.1) is 6.61 Å². The summed E-state index contributed by atoms with van der Waals surface area (Å²) in [6.45, 7) is 8.99. The maximum Gasteiger partial charge on any atom is 0.119 e. The van der Waals surface area contributed by atoms with Crippen LogP contribution < -0.4 is 4.74 Å². The molecule has 0 amide bonds.